The standard InChI is InChI=1S/C10H7O3/c11-9-2-1-7(5-10(9)12)8-3-4-13-6-8/h1-5,11-12H. The number of rotatable bonds is 1. The number of phenolic OH excluding ortho intramolecular Hbond substituents is 2. The van der Waals surface area contributed by atoms with Crippen molar-refractivity contribution in [3.63, 3.8) is 0 Å². The first kappa shape index (κ1) is 7.73. The molecular weight excluding hydrogens is 168 g/mol. The Kier molecular flexibility index (Phi) is 1.70. The van der Waals surface area contributed by atoms with E-state index in [1.807, 2.05) is 0 Å². The van der Waals surface area contributed by atoms with E-state index in [2.05, 4.69) is 6.26 Å². The fraction of sp³-hybridized carbons (Fsp3) is 0. The summed E-state index contributed by atoms with van der Waals surface area (Å²) < 4.78 is 4.77. The molecular formula is C10H7O3. The Morgan fingerprint density at radius 3 is 2.54 bits per heavy atom. The lowest BCUT2D eigenvalue weighted by Gasteiger charge is -1.99. The highest BCUT2D eigenvalue weighted by molar-refractivity contribution is 5.65. The quantitative estimate of drug-likeness (QED) is 0.653. The molecule has 0 saturated heterocycles. The van der Waals surface area contributed by atoms with Crippen LogP contribution in [0.5, 0.6) is 11.5 Å². The predicted octanol–water partition coefficient (Wildman–Crippen LogP) is 2.16. The van der Waals surface area contributed by atoms with Crippen LogP contribution in [0.1, 0.15) is 0 Å². The Bertz CT molecular complexity index is 404. The average molecular weight is 175 g/mol. The van der Waals surface area contributed by atoms with E-state index in [0.29, 0.717) is 0 Å². The molecule has 0 aliphatic carbocycles. The van der Waals surface area contributed by atoms with Gasteiger partial charge in [0.1, 0.15) is 0 Å². The van der Waals surface area contributed by atoms with Gasteiger partial charge < -0.3 is 14.6 Å². The van der Waals surface area contributed by atoms with Gasteiger partial charge in [-0.2, -0.15) is 0 Å². The third kappa shape index (κ3) is 1.36. The number of aromatic hydroxyl groups is 2. The van der Waals surface area contributed by atoms with Crippen molar-refractivity contribution < 1.29 is 14.6 Å². The van der Waals surface area contributed by atoms with E-state index in [0.717, 1.165) is 11.1 Å². The second-order valence-electron chi connectivity index (χ2n) is 2.64. The Hall–Kier alpha value is -1.90. The molecule has 1 radical (unpaired) electrons. The lowest BCUT2D eigenvalue weighted by Crippen LogP contribution is -1.74. The van der Waals surface area contributed by atoms with E-state index in [4.69, 9.17) is 9.52 Å². The Morgan fingerprint density at radius 2 is 1.92 bits per heavy atom. The average Bonchev–Trinajstić information content (AvgIpc) is 2.62. The van der Waals surface area contributed by atoms with Crippen molar-refractivity contribution in [2.45, 2.75) is 0 Å². The molecule has 0 aliphatic rings. The molecule has 0 amide bonds. The maximum Gasteiger partial charge on any atom is 0.177 e. The Balaban J connectivity index is 2.49. The van der Waals surface area contributed by atoms with E-state index >= 15 is 0 Å². The summed E-state index contributed by atoms with van der Waals surface area (Å²) in [6, 6.07) is 6.28. The first-order valence-corrected chi connectivity index (χ1v) is 3.75. The minimum atomic E-state index is -0.146. The second kappa shape index (κ2) is 2.86. The topological polar surface area (TPSA) is 53.6 Å². The highest BCUT2D eigenvalue weighted by atomic mass is 16.3. The van der Waals surface area contributed by atoms with Crippen molar-refractivity contribution in [2.24, 2.45) is 0 Å². The van der Waals surface area contributed by atoms with Crippen LogP contribution < -0.4 is 0 Å². The molecule has 0 spiro atoms. The van der Waals surface area contributed by atoms with Crippen molar-refractivity contribution in [2.75, 3.05) is 0 Å². The molecule has 0 bridgehead atoms. The molecule has 65 valence electrons. The van der Waals surface area contributed by atoms with E-state index in [1.54, 1.807) is 12.1 Å². The van der Waals surface area contributed by atoms with E-state index in [-0.39, 0.29) is 11.5 Å². The molecule has 0 aliphatic heterocycles. The number of hydrogen-bond acceptors (Lipinski definition) is 3. The van der Waals surface area contributed by atoms with Crippen LogP contribution in [0.4, 0.5) is 0 Å². The molecule has 2 rings (SSSR count). The fourth-order valence-corrected chi connectivity index (χ4v) is 1.08. The molecule has 0 fully saturated rings. The van der Waals surface area contributed by atoms with Crippen molar-refractivity contribution in [3.8, 4) is 22.6 Å². The van der Waals surface area contributed by atoms with Gasteiger partial charge in [0.25, 0.3) is 0 Å². The molecule has 1 heterocycles. The summed E-state index contributed by atoms with van der Waals surface area (Å²) in [5, 5.41) is 18.3. The summed E-state index contributed by atoms with van der Waals surface area (Å²) in [4.78, 5) is 0. The minimum Gasteiger partial charge on any atom is -0.504 e. The second-order valence-corrected chi connectivity index (χ2v) is 2.64. The van der Waals surface area contributed by atoms with Crippen LogP contribution in [0.15, 0.2) is 34.9 Å². The van der Waals surface area contributed by atoms with Gasteiger partial charge in [0.05, 0.1) is 6.26 Å². The van der Waals surface area contributed by atoms with Crippen LogP contribution in [0.3, 0.4) is 0 Å². The van der Waals surface area contributed by atoms with Crippen LogP contribution in [0, 0.1) is 6.26 Å². The van der Waals surface area contributed by atoms with Gasteiger partial charge in [0.15, 0.2) is 17.8 Å². The normalized spacial score (nSPS) is 10.2. The highest BCUT2D eigenvalue weighted by Gasteiger charge is 2.03. The Morgan fingerprint density at radius 1 is 1.08 bits per heavy atom. The molecule has 0 unspecified atom stereocenters. The smallest absolute Gasteiger partial charge is 0.177 e. The molecule has 1 aromatic carbocycles. The first-order chi connectivity index (χ1) is 6.27. The van der Waals surface area contributed by atoms with Crippen molar-refractivity contribution in [1.29, 1.82) is 0 Å². The molecule has 1 aromatic heterocycles. The predicted molar refractivity (Wildman–Crippen MR) is 46.3 cm³/mol. The van der Waals surface area contributed by atoms with Gasteiger partial charge in [0.2, 0.25) is 0 Å². The van der Waals surface area contributed by atoms with Gasteiger partial charge in [-0.15, -0.1) is 0 Å². The highest BCUT2D eigenvalue weighted by Crippen LogP contribution is 2.30. The molecule has 0 atom stereocenters. The van der Waals surface area contributed by atoms with Gasteiger partial charge in [-0.3, -0.25) is 0 Å². The summed E-state index contributed by atoms with van der Waals surface area (Å²) in [7, 11) is 0. The van der Waals surface area contributed by atoms with E-state index in [1.165, 1.54) is 18.4 Å². The SMILES string of the molecule is Oc1ccc(-c2[c]occ2)cc1O. The van der Waals surface area contributed by atoms with Crippen molar-refractivity contribution in [1.82, 2.24) is 0 Å². The van der Waals surface area contributed by atoms with Crippen LogP contribution >= 0.6 is 0 Å². The molecule has 2 N–H and O–H groups in total. The van der Waals surface area contributed by atoms with Crippen LogP contribution in [-0.4, -0.2) is 10.2 Å². The third-order valence-corrected chi connectivity index (χ3v) is 1.76. The number of furan rings is 1. The molecule has 13 heavy (non-hydrogen) atoms. The summed E-state index contributed by atoms with van der Waals surface area (Å²) in [6.07, 6.45) is 4.13. The van der Waals surface area contributed by atoms with E-state index < -0.39 is 0 Å². The molecule has 2 aromatic rings. The van der Waals surface area contributed by atoms with Gasteiger partial charge >= 0.3 is 0 Å². The van der Waals surface area contributed by atoms with Crippen LogP contribution in [0.2, 0.25) is 0 Å². The summed E-state index contributed by atoms with van der Waals surface area (Å²) >= 11 is 0. The minimum absolute atomic E-state index is 0.132. The molecule has 0 saturated carbocycles. The van der Waals surface area contributed by atoms with Gasteiger partial charge in [-0.25, -0.2) is 0 Å². The maximum absolute atomic E-state index is 9.20. The number of phenols is 2. The monoisotopic (exact) mass is 175 g/mol. The Labute approximate surface area is 74.9 Å². The van der Waals surface area contributed by atoms with Crippen molar-refractivity contribution in [3.05, 3.63) is 36.8 Å². The van der Waals surface area contributed by atoms with Gasteiger partial charge in [-0.1, -0.05) is 6.07 Å². The van der Waals surface area contributed by atoms with E-state index in [9.17, 15) is 5.11 Å². The maximum atomic E-state index is 9.20. The summed E-state index contributed by atoms with van der Waals surface area (Å²) in [5.74, 6) is -0.278. The lowest BCUT2D eigenvalue weighted by atomic mass is 10.1. The van der Waals surface area contributed by atoms with Crippen LogP contribution in [-0.2, 0) is 0 Å². The van der Waals surface area contributed by atoms with Crippen LogP contribution in [0.25, 0.3) is 11.1 Å². The zero-order chi connectivity index (χ0) is 9.26. The number of hydrogen-bond donors (Lipinski definition) is 2. The zero-order valence-corrected chi connectivity index (χ0v) is 6.69. The molecule has 3 heteroatoms. The summed E-state index contributed by atoms with van der Waals surface area (Å²) in [5.41, 5.74) is 1.50. The largest absolute Gasteiger partial charge is 0.504 e. The van der Waals surface area contributed by atoms with Gasteiger partial charge in [0, 0.05) is 5.56 Å². The fourth-order valence-electron chi connectivity index (χ4n) is 1.08. The molecule has 3 nitrogen and oxygen atoms in total. The summed E-state index contributed by atoms with van der Waals surface area (Å²) in [6.45, 7) is 0. The number of benzene rings is 1. The third-order valence-electron chi connectivity index (χ3n) is 1.76. The lowest BCUT2D eigenvalue weighted by molar-refractivity contribution is 0.404. The zero-order valence-electron chi connectivity index (χ0n) is 6.69. The van der Waals surface area contributed by atoms with Gasteiger partial charge in [-0.05, 0) is 23.8 Å². The first-order valence-electron chi connectivity index (χ1n) is 3.75. The van der Waals surface area contributed by atoms with Crippen molar-refractivity contribution >= 4 is 0 Å².